The van der Waals surface area contributed by atoms with Gasteiger partial charge in [0, 0.05) is 18.8 Å². The molecule has 3 rings (SSSR count). The fourth-order valence-corrected chi connectivity index (χ4v) is 2.23. The summed E-state index contributed by atoms with van der Waals surface area (Å²) >= 11 is 0. The molecule has 0 fully saturated rings. The summed E-state index contributed by atoms with van der Waals surface area (Å²) in [4.78, 5) is 19.3. The van der Waals surface area contributed by atoms with E-state index in [-0.39, 0.29) is 5.91 Å². The predicted molar refractivity (Wildman–Crippen MR) is 77.7 cm³/mol. The van der Waals surface area contributed by atoms with Crippen LogP contribution in [0.4, 0.5) is 5.69 Å². The SMILES string of the molecule is Cc1ccc(N2N=C(Cc3ncc[nH]3)CC2=O)cc1C. The number of imidazole rings is 1. The highest BCUT2D eigenvalue weighted by atomic mass is 16.2. The molecule has 1 aliphatic heterocycles. The summed E-state index contributed by atoms with van der Waals surface area (Å²) in [6.45, 7) is 4.09. The molecule has 2 aromatic rings. The monoisotopic (exact) mass is 268 g/mol. The molecule has 0 unspecified atom stereocenters. The van der Waals surface area contributed by atoms with Crippen LogP contribution < -0.4 is 5.01 Å². The van der Waals surface area contributed by atoms with Crippen molar-refractivity contribution in [3.05, 3.63) is 47.5 Å². The summed E-state index contributed by atoms with van der Waals surface area (Å²) in [5.41, 5.74) is 4.03. The predicted octanol–water partition coefficient (Wildman–Crippen LogP) is 2.36. The van der Waals surface area contributed by atoms with Gasteiger partial charge in [-0.15, -0.1) is 0 Å². The van der Waals surface area contributed by atoms with Gasteiger partial charge in [0.1, 0.15) is 5.82 Å². The van der Waals surface area contributed by atoms with Crippen LogP contribution in [0.1, 0.15) is 23.4 Å². The van der Waals surface area contributed by atoms with E-state index in [1.54, 1.807) is 12.4 Å². The van der Waals surface area contributed by atoms with E-state index in [0.717, 1.165) is 22.8 Å². The van der Waals surface area contributed by atoms with Crippen LogP contribution in [0.25, 0.3) is 0 Å². The normalized spacial score (nSPS) is 14.8. The first-order valence-electron chi connectivity index (χ1n) is 6.58. The van der Waals surface area contributed by atoms with Crippen molar-refractivity contribution in [2.24, 2.45) is 5.10 Å². The molecule has 5 heteroatoms. The van der Waals surface area contributed by atoms with Gasteiger partial charge < -0.3 is 4.98 Å². The topological polar surface area (TPSA) is 61.4 Å². The summed E-state index contributed by atoms with van der Waals surface area (Å²) in [5.74, 6) is 0.841. The molecule has 5 nitrogen and oxygen atoms in total. The molecule has 0 saturated heterocycles. The van der Waals surface area contributed by atoms with Crippen LogP contribution in [-0.4, -0.2) is 21.6 Å². The number of benzene rings is 1. The van der Waals surface area contributed by atoms with E-state index in [4.69, 9.17) is 0 Å². The quantitative estimate of drug-likeness (QED) is 0.928. The molecule has 20 heavy (non-hydrogen) atoms. The minimum absolute atomic E-state index is 0.00908. The molecule has 0 radical (unpaired) electrons. The molecule has 0 saturated carbocycles. The molecule has 0 atom stereocenters. The molecule has 1 N–H and O–H groups in total. The Hall–Kier alpha value is -2.43. The highest BCUT2D eigenvalue weighted by molar-refractivity contribution is 6.13. The van der Waals surface area contributed by atoms with Crippen LogP contribution in [-0.2, 0) is 11.2 Å². The Labute approximate surface area is 117 Å². The zero-order valence-corrected chi connectivity index (χ0v) is 11.6. The zero-order chi connectivity index (χ0) is 14.1. The van der Waals surface area contributed by atoms with Gasteiger partial charge in [-0.1, -0.05) is 6.07 Å². The summed E-state index contributed by atoms with van der Waals surface area (Å²) in [6.07, 6.45) is 4.41. The molecule has 0 aliphatic carbocycles. The van der Waals surface area contributed by atoms with E-state index >= 15 is 0 Å². The maximum absolute atomic E-state index is 12.1. The van der Waals surface area contributed by atoms with E-state index in [0.29, 0.717) is 12.8 Å². The standard InChI is InChI=1S/C15H16N4O/c1-10-3-4-13(7-11(10)2)19-15(20)9-12(18-19)8-14-16-5-6-17-14/h3-7H,8-9H2,1-2H3,(H,16,17). The fourth-order valence-electron chi connectivity index (χ4n) is 2.23. The Morgan fingerprint density at radius 2 is 2.15 bits per heavy atom. The Balaban J connectivity index is 1.84. The summed E-state index contributed by atoms with van der Waals surface area (Å²) in [7, 11) is 0. The van der Waals surface area contributed by atoms with Crippen LogP contribution >= 0.6 is 0 Å². The number of carbonyl (C=O) groups is 1. The second-order valence-electron chi connectivity index (χ2n) is 5.03. The number of hydrogen-bond donors (Lipinski definition) is 1. The van der Waals surface area contributed by atoms with E-state index in [2.05, 4.69) is 22.0 Å². The van der Waals surface area contributed by atoms with Gasteiger partial charge >= 0.3 is 0 Å². The highest BCUT2D eigenvalue weighted by Crippen LogP contribution is 2.23. The van der Waals surface area contributed by atoms with Crippen LogP contribution in [0, 0.1) is 13.8 Å². The number of nitrogens with one attached hydrogen (secondary N) is 1. The molecule has 102 valence electrons. The van der Waals surface area contributed by atoms with Gasteiger partial charge in [-0.3, -0.25) is 4.79 Å². The molecular formula is C15H16N4O. The van der Waals surface area contributed by atoms with Crippen molar-refractivity contribution >= 4 is 17.3 Å². The number of aromatic amines is 1. The molecule has 0 spiro atoms. The van der Waals surface area contributed by atoms with Crippen LogP contribution in [0.5, 0.6) is 0 Å². The second kappa shape index (κ2) is 4.92. The van der Waals surface area contributed by atoms with Gasteiger partial charge in [0.2, 0.25) is 0 Å². The number of amides is 1. The average Bonchev–Trinajstić information content (AvgIpc) is 3.03. The maximum atomic E-state index is 12.1. The number of hydrogen-bond acceptors (Lipinski definition) is 3. The van der Waals surface area contributed by atoms with Gasteiger partial charge in [0.05, 0.1) is 17.8 Å². The zero-order valence-electron chi connectivity index (χ0n) is 11.6. The van der Waals surface area contributed by atoms with Gasteiger partial charge in [0.15, 0.2) is 0 Å². The van der Waals surface area contributed by atoms with Crippen molar-refractivity contribution in [1.82, 2.24) is 9.97 Å². The Morgan fingerprint density at radius 3 is 2.85 bits per heavy atom. The first kappa shape index (κ1) is 12.6. The molecule has 1 aliphatic rings. The number of hydrazone groups is 1. The lowest BCUT2D eigenvalue weighted by molar-refractivity contribution is -0.116. The maximum Gasteiger partial charge on any atom is 0.253 e. The van der Waals surface area contributed by atoms with Crippen LogP contribution in [0.15, 0.2) is 35.7 Å². The molecule has 1 amide bonds. The van der Waals surface area contributed by atoms with Crippen molar-refractivity contribution in [3.8, 4) is 0 Å². The van der Waals surface area contributed by atoms with Gasteiger partial charge in [-0.25, -0.2) is 9.99 Å². The third-order valence-electron chi connectivity index (χ3n) is 3.49. The van der Waals surface area contributed by atoms with Crippen molar-refractivity contribution in [1.29, 1.82) is 0 Å². The minimum atomic E-state index is 0.00908. The molecule has 0 bridgehead atoms. The Morgan fingerprint density at radius 1 is 1.30 bits per heavy atom. The molecule has 1 aromatic carbocycles. The number of anilines is 1. The Bertz CT molecular complexity index is 673. The highest BCUT2D eigenvalue weighted by Gasteiger charge is 2.25. The summed E-state index contributed by atoms with van der Waals surface area (Å²) in [6, 6.07) is 5.93. The first-order valence-corrected chi connectivity index (χ1v) is 6.58. The fraction of sp³-hybridized carbons (Fsp3) is 0.267. The molecule has 1 aromatic heterocycles. The van der Waals surface area contributed by atoms with Crippen molar-refractivity contribution in [2.75, 3.05) is 5.01 Å². The first-order chi connectivity index (χ1) is 9.63. The number of aromatic nitrogens is 2. The van der Waals surface area contributed by atoms with Crippen LogP contribution in [0.3, 0.4) is 0 Å². The van der Waals surface area contributed by atoms with E-state index in [1.165, 1.54) is 10.6 Å². The largest absolute Gasteiger partial charge is 0.348 e. The number of aryl methyl sites for hydroxylation is 2. The number of rotatable bonds is 3. The second-order valence-corrected chi connectivity index (χ2v) is 5.03. The third kappa shape index (κ3) is 2.34. The van der Waals surface area contributed by atoms with Crippen molar-refractivity contribution in [2.45, 2.75) is 26.7 Å². The van der Waals surface area contributed by atoms with Crippen LogP contribution in [0.2, 0.25) is 0 Å². The summed E-state index contributed by atoms with van der Waals surface area (Å²) < 4.78 is 0. The molecular weight excluding hydrogens is 252 g/mol. The smallest absolute Gasteiger partial charge is 0.253 e. The third-order valence-corrected chi connectivity index (χ3v) is 3.49. The number of H-pyrrole nitrogens is 1. The van der Waals surface area contributed by atoms with E-state index in [1.807, 2.05) is 25.1 Å². The Kier molecular flexibility index (Phi) is 3.10. The lowest BCUT2D eigenvalue weighted by Gasteiger charge is -2.13. The van der Waals surface area contributed by atoms with Gasteiger partial charge in [-0.2, -0.15) is 5.10 Å². The van der Waals surface area contributed by atoms with E-state index in [9.17, 15) is 4.79 Å². The average molecular weight is 268 g/mol. The summed E-state index contributed by atoms with van der Waals surface area (Å²) in [5, 5.41) is 5.92. The van der Waals surface area contributed by atoms with E-state index < -0.39 is 0 Å². The molecule has 2 heterocycles. The van der Waals surface area contributed by atoms with Crippen molar-refractivity contribution < 1.29 is 4.79 Å². The van der Waals surface area contributed by atoms with Gasteiger partial charge in [-0.05, 0) is 37.1 Å². The minimum Gasteiger partial charge on any atom is -0.348 e. The van der Waals surface area contributed by atoms with Crippen molar-refractivity contribution in [3.63, 3.8) is 0 Å². The number of nitrogens with zero attached hydrogens (tertiary/aromatic N) is 3. The number of carbonyl (C=O) groups excluding carboxylic acids is 1. The lowest BCUT2D eigenvalue weighted by atomic mass is 10.1. The lowest BCUT2D eigenvalue weighted by Crippen LogP contribution is -2.19. The van der Waals surface area contributed by atoms with Gasteiger partial charge in [0.25, 0.3) is 5.91 Å².